The van der Waals surface area contributed by atoms with E-state index in [0.29, 0.717) is 12.2 Å². The Morgan fingerprint density at radius 1 is 1.12 bits per heavy atom. The molecule has 25 heavy (non-hydrogen) atoms. The average Bonchev–Trinajstić information content (AvgIpc) is 3.06. The zero-order valence-corrected chi connectivity index (χ0v) is 15.0. The molecule has 0 saturated carbocycles. The highest BCUT2D eigenvalue weighted by Crippen LogP contribution is 2.25. The number of aryl methyl sites for hydroxylation is 1. The number of halogens is 1. The van der Waals surface area contributed by atoms with Gasteiger partial charge in [-0.25, -0.2) is 9.37 Å². The predicted octanol–water partition coefficient (Wildman–Crippen LogP) is 4.85. The number of carbonyl (C=O) groups is 1. The molecule has 0 unspecified atom stereocenters. The Bertz CT molecular complexity index is 856. The number of hydrogen-bond acceptors (Lipinski definition) is 3. The minimum absolute atomic E-state index is 0.0464. The molecule has 0 bridgehead atoms. The van der Waals surface area contributed by atoms with Crippen LogP contribution in [0, 0.1) is 12.7 Å². The first-order valence-electron chi connectivity index (χ1n) is 8.14. The number of amides is 1. The van der Waals surface area contributed by atoms with Crippen molar-refractivity contribution >= 4 is 22.9 Å². The fourth-order valence-corrected chi connectivity index (χ4v) is 3.42. The molecule has 3 nitrogen and oxygen atoms in total. The summed E-state index contributed by atoms with van der Waals surface area (Å²) >= 11 is 1.54. The summed E-state index contributed by atoms with van der Waals surface area (Å²) in [6.45, 7) is 4.48. The highest BCUT2D eigenvalue weighted by Gasteiger charge is 2.16. The van der Waals surface area contributed by atoms with Gasteiger partial charge in [0.2, 0.25) is 5.91 Å². The van der Waals surface area contributed by atoms with Crippen LogP contribution in [0.2, 0.25) is 0 Å². The van der Waals surface area contributed by atoms with E-state index in [2.05, 4.69) is 17.1 Å². The first kappa shape index (κ1) is 17.3. The van der Waals surface area contributed by atoms with Gasteiger partial charge in [0, 0.05) is 23.2 Å². The van der Waals surface area contributed by atoms with Crippen LogP contribution in [0.3, 0.4) is 0 Å². The van der Waals surface area contributed by atoms with Crippen molar-refractivity contribution in [3.8, 4) is 10.6 Å². The van der Waals surface area contributed by atoms with Crippen molar-refractivity contribution in [3.63, 3.8) is 0 Å². The van der Waals surface area contributed by atoms with E-state index in [1.807, 2.05) is 31.4 Å². The summed E-state index contributed by atoms with van der Waals surface area (Å²) in [5.74, 6) is -0.357. The largest absolute Gasteiger partial charge is 0.312 e. The molecule has 0 radical (unpaired) electrons. The van der Waals surface area contributed by atoms with Crippen molar-refractivity contribution in [2.24, 2.45) is 0 Å². The van der Waals surface area contributed by atoms with E-state index in [1.54, 1.807) is 17.0 Å². The van der Waals surface area contributed by atoms with Crippen LogP contribution < -0.4 is 4.90 Å². The topological polar surface area (TPSA) is 33.2 Å². The Hall–Kier alpha value is -2.53. The van der Waals surface area contributed by atoms with Crippen LogP contribution in [0.15, 0.2) is 53.9 Å². The maximum absolute atomic E-state index is 13.1. The lowest BCUT2D eigenvalue weighted by molar-refractivity contribution is -0.118. The van der Waals surface area contributed by atoms with Gasteiger partial charge in [0.05, 0.1) is 12.1 Å². The van der Waals surface area contributed by atoms with Crippen LogP contribution >= 0.6 is 11.3 Å². The highest BCUT2D eigenvalue weighted by atomic mass is 32.1. The number of nitrogens with zero attached hydrogens (tertiary/aromatic N) is 2. The molecule has 0 aliphatic heterocycles. The monoisotopic (exact) mass is 354 g/mol. The second-order valence-electron chi connectivity index (χ2n) is 5.80. The van der Waals surface area contributed by atoms with Crippen molar-refractivity contribution < 1.29 is 9.18 Å². The number of carbonyl (C=O) groups excluding carboxylic acids is 1. The lowest BCUT2D eigenvalue weighted by Crippen LogP contribution is -2.32. The fourth-order valence-electron chi connectivity index (χ4n) is 2.59. The maximum Gasteiger partial charge on any atom is 0.233 e. The Labute approximate surface area is 150 Å². The fraction of sp³-hybridized carbons (Fsp3) is 0.200. The summed E-state index contributed by atoms with van der Waals surface area (Å²) in [5, 5.41) is 2.83. The summed E-state index contributed by atoms with van der Waals surface area (Å²) in [6.07, 6.45) is 0.230. The van der Waals surface area contributed by atoms with Crippen molar-refractivity contribution in [1.82, 2.24) is 4.98 Å². The van der Waals surface area contributed by atoms with Crippen molar-refractivity contribution in [3.05, 3.63) is 71.0 Å². The van der Waals surface area contributed by atoms with E-state index >= 15 is 0 Å². The number of thiazole rings is 1. The van der Waals surface area contributed by atoms with Crippen molar-refractivity contribution in [1.29, 1.82) is 0 Å². The minimum atomic E-state index is -0.311. The van der Waals surface area contributed by atoms with Gasteiger partial charge in [0.25, 0.3) is 0 Å². The Balaban J connectivity index is 1.74. The van der Waals surface area contributed by atoms with Gasteiger partial charge in [-0.05, 0) is 38.1 Å². The minimum Gasteiger partial charge on any atom is -0.312 e. The molecule has 2 aromatic carbocycles. The maximum atomic E-state index is 13.1. The molecule has 1 aromatic heterocycles. The Morgan fingerprint density at radius 3 is 2.44 bits per heavy atom. The second kappa shape index (κ2) is 7.57. The number of likely N-dealkylation sites (N-methyl/N-ethyl adjacent to an activating group) is 1. The zero-order chi connectivity index (χ0) is 17.8. The molecule has 0 N–H and O–H groups in total. The summed E-state index contributed by atoms with van der Waals surface area (Å²) in [7, 11) is 0. The van der Waals surface area contributed by atoms with Gasteiger partial charge in [-0.2, -0.15) is 0 Å². The number of anilines is 1. The van der Waals surface area contributed by atoms with Gasteiger partial charge < -0.3 is 4.90 Å². The van der Waals surface area contributed by atoms with Crippen molar-refractivity contribution in [2.75, 3.05) is 11.4 Å². The van der Waals surface area contributed by atoms with Gasteiger partial charge >= 0.3 is 0 Å². The third-order valence-electron chi connectivity index (χ3n) is 3.94. The summed E-state index contributed by atoms with van der Waals surface area (Å²) < 4.78 is 13.1. The summed E-state index contributed by atoms with van der Waals surface area (Å²) in [5.41, 5.74) is 3.71. The molecule has 0 saturated heterocycles. The first-order valence-corrected chi connectivity index (χ1v) is 9.02. The number of aromatic nitrogens is 1. The average molecular weight is 354 g/mol. The molecular weight excluding hydrogens is 335 g/mol. The molecule has 0 aliphatic rings. The molecule has 0 atom stereocenters. The highest BCUT2D eigenvalue weighted by molar-refractivity contribution is 7.13. The number of hydrogen-bond donors (Lipinski definition) is 0. The molecule has 128 valence electrons. The molecule has 0 aliphatic carbocycles. The number of rotatable bonds is 5. The standard InChI is InChI=1S/C20H19FN2OS/c1-3-23(18-10-8-16(21)9-11-18)19(24)12-17-13-25-20(22-17)15-6-4-14(2)5-7-15/h4-11,13H,3,12H2,1-2H3. The zero-order valence-electron chi connectivity index (χ0n) is 14.2. The first-order chi connectivity index (χ1) is 12.1. The van der Waals surface area contributed by atoms with E-state index < -0.39 is 0 Å². The third kappa shape index (κ3) is 4.12. The van der Waals surface area contributed by atoms with Crippen LogP contribution in [-0.4, -0.2) is 17.4 Å². The Morgan fingerprint density at radius 2 is 1.80 bits per heavy atom. The number of benzene rings is 2. The van der Waals surface area contributed by atoms with Crippen molar-refractivity contribution in [2.45, 2.75) is 20.3 Å². The molecule has 3 aromatic rings. The van der Waals surface area contributed by atoms with E-state index in [9.17, 15) is 9.18 Å². The third-order valence-corrected chi connectivity index (χ3v) is 4.88. The Kier molecular flexibility index (Phi) is 5.24. The van der Waals surface area contributed by atoms with E-state index in [0.717, 1.165) is 16.3 Å². The summed E-state index contributed by atoms with van der Waals surface area (Å²) in [6, 6.07) is 14.1. The van der Waals surface area contributed by atoms with Gasteiger partial charge in [-0.15, -0.1) is 11.3 Å². The summed E-state index contributed by atoms with van der Waals surface area (Å²) in [4.78, 5) is 18.8. The smallest absolute Gasteiger partial charge is 0.233 e. The lowest BCUT2D eigenvalue weighted by Gasteiger charge is -2.20. The molecule has 0 spiro atoms. The van der Waals surface area contributed by atoms with Gasteiger partial charge in [-0.1, -0.05) is 29.8 Å². The molecule has 1 amide bonds. The normalized spacial score (nSPS) is 10.7. The van der Waals surface area contributed by atoms with Gasteiger partial charge in [0.15, 0.2) is 0 Å². The SMILES string of the molecule is CCN(C(=O)Cc1csc(-c2ccc(C)cc2)n1)c1ccc(F)cc1. The van der Waals surface area contributed by atoms with Crippen LogP contribution in [0.1, 0.15) is 18.2 Å². The van der Waals surface area contributed by atoms with Crippen LogP contribution in [0.4, 0.5) is 10.1 Å². The van der Waals surface area contributed by atoms with Gasteiger partial charge in [0.1, 0.15) is 10.8 Å². The second-order valence-corrected chi connectivity index (χ2v) is 6.66. The van der Waals surface area contributed by atoms with E-state index in [-0.39, 0.29) is 18.1 Å². The molecular formula is C20H19FN2OS. The van der Waals surface area contributed by atoms with Crippen LogP contribution in [-0.2, 0) is 11.2 Å². The molecule has 1 heterocycles. The quantitative estimate of drug-likeness (QED) is 0.656. The van der Waals surface area contributed by atoms with Crippen LogP contribution in [0.5, 0.6) is 0 Å². The van der Waals surface area contributed by atoms with Crippen LogP contribution in [0.25, 0.3) is 10.6 Å². The molecule has 5 heteroatoms. The van der Waals surface area contributed by atoms with E-state index in [1.165, 1.54) is 29.0 Å². The predicted molar refractivity (Wildman–Crippen MR) is 100 cm³/mol. The van der Waals surface area contributed by atoms with E-state index in [4.69, 9.17) is 0 Å². The molecule has 3 rings (SSSR count). The lowest BCUT2D eigenvalue weighted by atomic mass is 10.2. The molecule has 0 fully saturated rings. The van der Waals surface area contributed by atoms with Gasteiger partial charge in [-0.3, -0.25) is 4.79 Å².